The zero-order valence-electron chi connectivity index (χ0n) is 11.9. The van der Waals surface area contributed by atoms with Gasteiger partial charge < -0.3 is 9.47 Å². The fourth-order valence-electron chi connectivity index (χ4n) is 1.58. The van der Waals surface area contributed by atoms with Crippen LogP contribution < -0.4 is 0 Å². The van der Waals surface area contributed by atoms with Crippen molar-refractivity contribution in [1.29, 1.82) is 0 Å². The molecule has 1 aromatic carbocycles. The van der Waals surface area contributed by atoms with Crippen LogP contribution in [0.4, 0.5) is 0 Å². The van der Waals surface area contributed by atoms with Crippen LogP contribution in [-0.2, 0) is 19.1 Å². The van der Waals surface area contributed by atoms with E-state index in [0.717, 1.165) is 4.90 Å². The largest absolute Gasteiger partial charge is 0.469 e. The molecule has 1 aromatic rings. The van der Waals surface area contributed by atoms with Gasteiger partial charge in [-0.3, -0.25) is 14.5 Å². The molecule has 0 N–H and O–H groups in total. The fourth-order valence-corrected chi connectivity index (χ4v) is 2.46. The Morgan fingerprint density at radius 1 is 1.20 bits per heavy atom. The third-order valence-corrected chi connectivity index (χ3v) is 3.91. The lowest BCUT2D eigenvalue weighted by molar-refractivity contribution is -0.152. The van der Waals surface area contributed by atoms with Crippen molar-refractivity contribution < 1.29 is 19.1 Å². The van der Waals surface area contributed by atoms with Crippen molar-refractivity contribution in [2.45, 2.75) is 17.4 Å². The van der Waals surface area contributed by atoms with E-state index in [9.17, 15) is 9.59 Å². The highest BCUT2D eigenvalue weighted by atomic mass is 32.2. The second-order valence-corrected chi connectivity index (χ2v) is 5.18. The molecule has 0 aromatic heterocycles. The second-order valence-electron chi connectivity index (χ2n) is 4.16. The fraction of sp³-hybridized carbons (Fsp3) is 0.429. The first-order valence-electron chi connectivity index (χ1n) is 6.11. The summed E-state index contributed by atoms with van der Waals surface area (Å²) in [5.74, 6) is -0.302. The number of benzene rings is 1. The monoisotopic (exact) mass is 297 g/mol. The Morgan fingerprint density at radius 2 is 1.85 bits per heavy atom. The van der Waals surface area contributed by atoms with Gasteiger partial charge in [0.1, 0.15) is 6.04 Å². The number of esters is 2. The quantitative estimate of drug-likeness (QED) is 0.434. The Morgan fingerprint density at radius 3 is 2.40 bits per heavy atom. The van der Waals surface area contributed by atoms with Crippen LogP contribution in [0.1, 0.15) is 6.42 Å². The van der Waals surface area contributed by atoms with Gasteiger partial charge in [0, 0.05) is 10.8 Å². The number of likely N-dealkylation sites (N-methyl/N-ethyl adjacent to an activating group) is 1. The van der Waals surface area contributed by atoms with Crippen molar-refractivity contribution in [3.05, 3.63) is 30.3 Å². The van der Waals surface area contributed by atoms with E-state index in [4.69, 9.17) is 4.74 Å². The summed E-state index contributed by atoms with van der Waals surface area (Å²) in [4.78, 5) is 26.0. The Balaban J connectivity index is 2.60. The standard InChI is InChI=1S/C14H19NO4S/c1-15(10-20-11-7-5-4-6-8-11)12(14(17)19-3)9-13(16)18-2/h4-8,12H,9-10H2,1-3H3. The van der Waals surface area contributed by atoms with Crippen molar-refractivity contribution in [3.63, 3.8) is 0 Å². The van der Waals surface area contributed by atoms with Crippen LogP contribution in [0.5, 0.6) is 0 Å². The van der Waals surface area contributed by atoms with Crippen molar-refractivity contribution in [1.82, 2.24) is 4.90 Å². The molecular weight excluding hydrogens is 278 g/mol. The van der Waals surface area contributed by atoms with Gasteiger partial charge in [0.15, 0.2) is 0 Å². The molecule has 20 heavy (non-hydrogen) atoms. The summed E-state index contributed by atoms with van der Waals surface area (Å²) in [6, 6.07) is 9.20. The third-order valence-electron chi connectivity index (χ3n) is 2.77. The van der Waals surface area contributed by atoms with Crippen molar-refractivity contribution in [3.8, 4) is 0 Å². The third kappa shape index (κ3) is 5.22. The van der Waals surface area contributed by atoms with E-state index in [1.165, 1.54) is 14.2 Å². The molecule has 0 heterocycles. The van der Waals surface area contributed by atoms with Gasteiger partial charge in [0.2, 0.25) is 0 Å². The van der Waals surface area contributed by atoms with E-state index in [-0.39, 0.29) is 6.42 Å². The number of carbonyl (C=O) groups excluding carboxylic acids is 2. The molecule has 110 valence electrons. The summed E-state index contributed by atoms with van der Waals surface area (Å²) in [7, 11) is 4.39. The lowest BCUT2D eigenvalue weighted by atomic mass is 10.2. The van der Waals surface area contributed by atoms with Gasteiger partial charge in [0.25, 0.3) is 0 Å². The average Bonchev–Trinajstić information content (AvgIpc) is 2.50. The zero-order valence-corrected chi connectivity index (χ0v) is 12.7. The van der Waals surface area contributed by atoms with Crippen molar-refractivity contribution in [2.24, 2.45) is 0 Å². The Hall–Kier alpha value is -1.53. The van der Waals surface area contributed by atoms with Crippen LogP contribution >= 0.6 is 11.8 Å². The normalized spacial score (nSPS) is 12.0. The maximum Gasteiger partial charge on any atom is 0.323 e. The molecule has 0 aliphatic carbocycles. The molecule has 5 nitrogen and oxygen atoms in total. The molecule has 0 radical (unpaired) electrons. The first-order valence-corrected chi connectivity index (χ1v) is 7.09. The predicted octanol–water partition coefficient (Wildman–Crippen LogP) is 1.77. The minimum absolute atomic E-state index is 0.0188. The summed E-state index contributed by atoms with van der Waals surface area (Å²) in [5, 5.41) is 0. The van der Waals surface area contributed by atoms with Crippen LogP contribution in [0.2, 0.25) is 0 Å². The molecule has 0 aliphatic heterocycles. The van der Waals surface area contributed by atoms with Gasteiger partial charge in [-0.05, 0) is 19.2 Å². The lowest BCUT2D eigenvalue weighted by Gasteiger charge is -2.24. The van der Waals surface area contributed by atoms with E-state index in [0.29, 0.717) is 5.88 Å². The Kier molecular flexibility index (Phi) is 7.11. The summed E-state index contributed by atoms with van der Waals surface area (Å²) < 4.78 is 9.34. The smallest absolute Gasteiger partial charge is 0.323 e. The molecule has 0 aliphatic rings. The van der Waals surface area contributed by atoms with E-state index >= 15 is 0 Å². The van der Waals surface area contributed by atoms with Gasteiger partial charge in [-0.2, -0.15) is 0 Å². The number of rotatable bonds is 7. The molecule has 6 heteroatoms. The average molecular weight is 297 g/mol. The highest BCUT2D eigenvalue weighted by Crippen LogP contribution is 2.19. The van der Waals surface area contributed by atoms with Crippen molar-refractivity contribution in [2.75, 3.05) is 27.1 Å². The number of thioether (sulfide) groups is 1. The highest BCUT2D eigenvalue weighted by Gasteiger charge is 2.27. The van der Waals surface area contributed by atoms with Gasteiger partial charge in [0.05, 0.1) is 20.6 Å². The van der Waals surface area contributed by atoms with Crippen LogP contribution in [0, 0.1) is 0 Å². The summed E-state index contributed by atoms with van der Waals surface area (Å²) in [5.41, 5.74) is 0. The molecule has 1 atom stereocenters. The summed E-state index contributed by atoms with van der Waals surface area (Å²) in [6.45, 7) is 0. The zero-order chi connectivity index (χ0) is 15.0. The topological polar surface area (TPSA) is 55.8 Å². The Bertz CT molecular complexity index is 438. The molecule has 0 spiro atoms. The summed E-state index contributed by atoms with van der Waals surface area (Å²) >= 11 is 1.59. The first-order chi connectivity index (χ1) is 9.58. The maximum atomic E-state index is 11.7. The lowest BCUT2D eigenvalue weighted by Crippen LogP contribution is -2.40. The number of methoxy groups -OCH3 is 2. The molecule has 0 fully saturated rings. The van der Waals surface area contributed by atoms with Gasteiger partial charge in [-0.1, -0.05) is 18.2 Å². The molecule has 1 rings (SSSR count). The molecule has 0 saturated carbocycles. The Labute approximate surface area is 123 Å². The number of carbonyl (C=O) groups is 2. The number of hydrogen-bond acceptors (Lipinski definition) is 6. The number of hydrogen-bond donors (Lipinski definition) is 0. The van der Waals surface area contributed by atoms with Gasteiger partial charge in [-0.25, -0.2) is 0 Å². The van der Waals surface area contributed by atoms with E-state index < -0.39 is 18.0 Å². The molecule has 0 saturated heterocycles. The van der Waals surface area contributed by atoms with Crippen LogP contribution in [0.25, 0.3) is 0 Å². The SMILES string of the molecule is COC(=O)CC(C(=O)OC)N(C)CSc1ccccc1. The predicted molar refractivity (Wildman–Crippen MR) is 77.4 cm³/mol. The van der Waals surface area contributed by atoms with E-state index in [1.54, 1.807) is 23.7 Å². The van der Waals surface area contributed by atoms with Gasteiger partial charge >= 0.3 is 11.9 Å². The van der Waals surface area contributed by atoms with Crippen LogP contribution in [0.15, 0.2) is 35.2 Å². The number of ether oxygens (including phenoxy) is 2. The summed E-state index contributed by atoms with van der Waals surface area (Å²) in [6.07, 6.45) is -0.0188. The highest BCUT2D eigenvalue weighted by molar-refractivity contribution is 7.99. The van der Waals surface area contributed by atoms with Crippen LogP contribution in [0.3, 0.4) is 0 Å². The van der Waals surface area contributed by atoms with E-state index in [1.807, 2.05) is 30.3 Å². The molecular formula is C14H19NO4S. The molecule has 0 amide bonds. The first kappa shape index (κ1) is 16.5. The van der Waals surface area contributed by atoms with E-state index in [2.05, 4.69) is 4.74 Å². The van der Waals surface area contributed by atoms with Crippen LogP contribution in [-0.4, -0.2) is 50.0 Å². The number of nitrogens with zero attached hydrogens (tertiary/aromatic N) is 1. The molecule has 1 unspecified atom stereocenters. The maximum absolute atomic E-state index is 11.7. The molecule has 0 bridgehead atoms. The second kappa shape index (κ2) is 8.60. The van der Waals surface area contributed by atoms with Gasteiger partial charge in [-0.15, -0.1) is 11.8 Å². The minimum Gasteiger partial charge on any atom is -0.469 e. The van der Waals surface area contributed by atoms with Crippen molar-refractivity contribution >= 4 is 23.7 Å². The minimum atomic E-state index is -0.635.